The number of halogens is 6. The normalized spacial score (nSPS) is 16.6. The molecule has 2 aliphatic heterocycles. The van der Waals surface area contributed by atoms with E-state index >= 15 is 0 Å². The Morgan fingerprint density at radius 2 is 1.15 bits per heavy atom. The molecule has 2 aromatic carbocycles. The topological polar surface area (TPSA) is 223 Å². The predicted molar refractivity (Wildman–Crippen MR) is 217 cm³/mol. The largest absolute Gasteiger partial charge is 0.485 e. The Hall–Kier alpha value is -6.03. The molecule has 0 spiro atoms. The zero-order valence-corrected chi connectivity index (χ0v) is 33.7. The van der Waals surface area contributed by atoms with Crippen molar-refractivity contribution in [3.05, 3.63) is 59.2 Å². The second kappa shape index (κ2) is 21.7. The van der Waals surface area contributed by atoms with Gasteiger partial charge in [0, 0.05) is 38.5 Å². The van der Waals surface area contributed by atoms with Crippen LogP contribution in [0.4, 0.5) is 49.1 Å². The molecular weight excluding hydrogens is 830 g/mol. The number of hydrogen-bond donors (Lipinski definition) is 7. The monoisotopic (exact) mass is 878 g/mol. The van der Waals surface area contributed by atoms with Crippen LogP contribution in [-0.4, -0.2) is 84.9 Å². The van der Waals surface area contributed by atoms with Crippen molar-refractivity contribution >= 4 is 52.7 Å². The maximum absolute atomic E-state index is 14.2. The molecule has 0 radical (unpaired) electrons. The number of benzene rings is 2. The van der Waals surface area contributed by atoms with Crippen LogP contribution >= 0.6 is 0 Å². The van der Waals surface area contributed by atoms with Gasteiger partial charge in [-0.05, 0) is 69.5 Å². The van der Waals surface area contributed by atoms with Gasteiger partial charge in [-0.1, -0.05) is 19.8 Å². The molecule has 0 saturated carbocycles. The Balaban J connectivity index is 1.45. The van der Waals surface area contributed by atoms with Crippen LogP contribution < -0.4 is 47.1 Å². The van der Waals surface area contributed by atoms with E-state index in [0.717, 1.165) is 25.2 Å². The zero-order chi connectivity index (χ0) is 44.9. The number of amides is 4. The number of nitrogens with zero attached hydrogens (tertiary/aromatic N) is 3. The van der Waals surface area contributed by atoms with Crippen LogP contribution in [0.1, 0.15) is 96.8 Å². The van der Waals surface area contributed by atoms with E-state index in [2.05, 4.69) is 46.9 Å². The highest BCUT2D eigenvalue weighted by atomic mass is 19.4. The first kappa shape index (κ1) is 47.0. The van der Waals surface area contributed by atoms with E-state index in [1.54, 1.807) is 0 Å². The first-order chi connectivity index (χ1) is 29.5. The van der Waals surface area contributed by atoms with E-state index in [1.807, 2.05) is 6.92 Å². The molecule has 2 aliphatic rings. The molecule has 1 aromatic heterocycles. The molecule has 3 aromatic rings. The first-order valence-corrected chi connectivity index (χ1v) is 20.0. The summed E-state index contributed by atoms with van der Waals surface area (Å²) in [5.41, 5.74) is 0.102. The third-order valence-electron chi connectivity index (χ3n) is 9.66. The van der Waals surface area contributed by atoms with Crippen molar-refractivity contribution in [2.24, 2.45) is 10.7 Å². The van der Waals surface area contributed by atoms with Gasteiger partial charge in [-0.15, -0.1) is 0 Å². The SMILES string of the molecule is CCCCCC(=O)Nc1cc(C(F)(F)F)cc(NC(=O)c2cc(C(=O)Nc3cc(C(F)(F)F)cc(NC(=O)CCCCN=CN)c3O[C@H]3CCNC3)ncn2)c1O[C@H]1CCNC1. The van der Waals surface area contributed by atoms with Gasteiger partial charge in [0.05, 0.1) is 40.2 Å². The smallest absolute Gasteiger partial charge is 0.416 e. The van der Waals surface area contributed by atoms with Crippen molar-refractivity contribution in [1.29, 1.82) is 0 Å². The quantitative estimate of drug-likeness (QED) is 0.0315. The summed E-state index contributed by atoms with van der Waals surface area (Å²) in [5.74, 6) is -3.95. The first-order valence-electron chi connectivity index (χ1n) is 20.0. The van der Waals surface area contributed by atoms with Gasteiger partial charge in [-0.2, -0.15) is 26.3 Å². The lowest BCUT2D eigenvalue weighted by atomic mass is 10.1. The summed E-state index contributed by atoms with van der Waals surface area (Å²) in [6, 6.07) is 3.54. The summed E-state index contributed by atoms with van der Waals surface area (Å²) in [5, 5.41) is 15.8. The predicted octanol–water partition coefficient (Wildman–Crippen LogP) is 6.11. The van der Waals surface area contributed by atoms with Crippen LogP contribution in [-0.2, 0) is 21.9 Å². The number of carbonyl (C=O) groups excluding carboxylic acids is 4. The van der Waals surface area contributed by atoms with Crippen LogP contribution in [0.25, 0.3) is 0 Å². The van der Waals surface area contributed by atoms with E-state index in [4.69, 9.17) is 15.2 Å². The lowest BCUT2D eigenvalue weighted by Gasteiger charge is -2.22. The van der Waals surface area contributed by atoms with Gasteiger partial charge >= 0.3 is 12.4 Å². The second-order valence-corrected chi connectivity index (χ2v) is 14.5. The minimum absolute atomic E-state index is 0.0239. The summed E-state index contributed by atoms with van der Waals surface area (Å²) < 4.78 is 97.5. The van der Waals surface area contributed by atoms with Crippen molar-refractivity contribution in [3.63, 3.8) is 0 Å². The third-order valence-corrected chi connectivity index (χ3v) is 9.66. The number of unbranched alkanes of at least 4 members (excludes halogenated alkanes) is 3. The molecule has 3 heterocycles. The molecule has 8 N–H and O–H groups in total. The summed E-state index contributed by atoms with van der Waals surface area (Å²) in [7, 11) is 0. The summed E-state index contributed by atoms with van der Waals surface area (Å²) in [6.45, 7) is 4.00. The Kier molecular flexibility index (Phi) is 16.4. The Morgan fingerprint density at radius 3 is 1.53 bits per heavy atom. The van der Waals surface area contributed by atoms with E-state index in [9.17, 15) is 45.5 Å². The van der Waals surface area contributed by atoms with Gasteiger partial charge in [0.1, 0.15) is 29.9 Å². The maximum atomic E-state index is 14.2. The standard InChI is InChI=1S/C40H48F6N10O6/c1-2-3-4-7-33(57)53-27-14-23(39(41,42)43)16-29(35(27)61-25-9-12-48-19-25)55-37(59)31-18-32(52-22-51-31)38(60)56-30-17-24(40(44,45)46)15-28(36(30)62-26-10-13-49-20-26)54-34(58)8-5-6-11-50-21-47/h14-18,21-22,25-26,48-49H,2-13,19-20H2,1H3,(H2,47,50)(H,53,57)(H,54,58)(H,55,59)(H,56,60)/t25-,26-/m0/s1. The van der Waals surface area contributed by atoms with Crippen molar-refractivity contribution in [3.8, 4) is 11.5 Å². The van der Waals surface area contributed by atoms with Gasteiger partial charge in [0.25, 0.3) is 11.8 Å². The molecule has 2 fully saturated rings. The molecule has 0 bridgehead atoms. The zero-order valence-electron chi connectivity index (χ0n) is 33.7. The maximum Gasteiger partial charge on any atom is 0.416 e. The lowest BCUT2D eigenvalue weighted by Crippen LogP contribution is -2.24. The number of nitrogens with two attached hydrogens (primary N) is 1. The number of hydrogen-bond acceptors (Lipinski definition) is 11. The molecule has 22 heteroatoms. The highest BCUT2D eigenvalue weighted by Crippen LogP contribution is 2.43. The number of anilines is 4. The molecule has 4 amide bonds. The molecule has 2 saturated heterocycles. The average molecular weight is 879 g/mol. The van der Waals surface area contributed by atoms with Crippen molar-refractivity contribution in [2.75, 3.05) is 54.0 Å². The lowest BCUT2D eigenvalue weighted by molar-refractivity contribution is -0.138. The number of rotatable bonds is 19. The Morgan fingerprint density at radius 1 is 0.710 bits per heavy atom. The van der Waals surface area contributed by atoms with E-state index in [0.29, 0.717) is 95.5 Å². The van der Waals surface area contributed by atoms with Crippen molar-refractivity contribution < 1.29 is 55.0 Å². The van der Waals surface area contributed by atoms with E-state index in [-0.39, 0.29) is 35.7 Å². The number of aromatic nitrogens is 2. The van der Waals surface area contributed by atoms with Crippen LogP contribution in [0, 0.1) is 0 Å². The summed E-state index contributed by atoms with van der Waals surface area (Å²) in [6.07, 6.45) is -5.32. The van der Waals surface area contributed by atoms with Gasteiger partial charge < -0.3 is 47.1 Å². The minimum atomic E-state index is -4.94. The fourth-order valence-corrected chi connectivity index (χ4v) is 6.50. The molecule has 0 aliphatic carbocycles. The van der Waals surface area contributed by atoms with Crippen LogP contribution in [0.2, 0.25) is 0 Å². The molecule has 336 valence electrons. The third kappa shape index (κ3) is 13.5. The van der Waals surface area contributed by atoms with Crippen molar-refractivity contribution in [2.45, 2.75) is 89.3 Å². The summed E-state index contributed by atoms with van der Waals surface area (Å²) >= 11 is 0. The molecule has 0 unspecified atom stereocenters. The van der Waals surface area contributed by atoms with Gasteiger partial charge in [-0.25, -0.2) is 9.97 Å². The fourth-order valence-electron chi connectivity index (χ4n) is 6.50. The van der Waals surface area contributed by atoms with Gasteiger partial charge in [-0.3, -0.25) is 24.2 Å². The molecule has 2 atom stereocenters. The Bertz CT molecular complexity index is 2090. The average Bonchev–Trinajstić information content (AvgIpc) is 3.94. The molecule has 16 nitrogen and oxygen atoms in total. The minimum Gasteiger partial charge on any atom is -0.485 e. The second-order valence-electron chi connectivity index (χ2n) is 14.5. The van der Waals surface area contributed by atoms with Crippen molar-refractivity contribution in [1.82, 2.24) is 20.6 Å². The van der Waals surface area contributed by atoms with Gasteiger partial charge in [0.15, 0.2) is 11.5 Å². The number of alkyl halides is 6. The van der Waals surface area contributed by atoms with Gasteiger partial charge in [0.2, 0.25) is 11.8 Å². The number of nitrogens with one attached hydrogen (secondary N) is 6. The molecular formula is C40H48F6N10O6. The van der Waals surface area contributed by atoms with Crippen LogP contribution in [0.5, 0.6) is 11.5 Å². The molecule has 62 heavy (non-hydrogen) atoms. The van der Waals surface area contributed by atoms with Crippen LogP contribution in [0.3, 0.4) is 0 Å². The number of aliphatic imine (C=N–C) groups is 1. The van der Waals surface area contributed by atoms with Crippen LogP contribution in [0.15, 0.2) is 41.7 Å². The fraction of sp³-hybridized carbons (Fsp3) is 0.475. The molecule has 5 rings (SSSR count). The highest BCUT2D eigenvalue weighted by molar-refractivity contribution is 6.09. The summed E-state index contributed by atoms with van der Waals surface area (Å²) in [4.78, 5) is 64.8. The van der Waals surface area contributed by atoms with E-state index in [1.165, 1.54) is 0 Å². The number of carbonyl (C=O) groups is 4. The highest BCUT2D eigenvalue weighted by Gasteiger charge is 2.36. The van der Waals surface area contributed by atoms with E-state index < -0.39 is 82.1 Å². The number of ether oxygens (including phenoxy) is 2. The Labute approximate surface area is 352 Å².